The first-order valence-electron chi connectivity index (χ1n) is 8.16. The van der Waals surface area contributed by atoms with Gasteiger partial charge in [-0.3, -0.25) is 9.20 Å². The number of aryl methyl sites for hydroxylation is 1. The zero-order valence-corrected chi connectivity index (χ0v) is 14.1. The van der Waals surface area contributed by atoms with Gasteiger partial charge in [0.25, 0.3) is 5.91 Å². The molecular weight excluding hydrogens is 316 g/mol. The molecule has 126 valence electrons. The van der Waals surface area contributed by atoms with Crippen molar-refractivity contribution in [2.45, 2.75) is 20.0 Å². The third-order valence-electron chi connectivity index (χ3n) is 4.23. The predicted octanol–water partition coefficient (Wildman–Crippen LogP) is 2.37. The van der Waals surface area contributed by atoms with Crippen molar-refractivity contribution in [2.24, 2.45) is 0 Å². The Kier molecular flexibility index (Phi) is 3.68. The number of amides is 1. The first-order valence-corrected chi connectivity index (χ1v) is 8.16. The van der Waals surface area contributed by atoms with Crippen LogP contribution in [0.4, 0.5) is 0 Å². The van der Waals surface area contributed by atoms with Gasteiger partial charge >= 0.3 is 0 Å². The van der Waals surface area contributed by atoms with Crippen molar-refractivity contribution in [1.29, 1.82) is 0 Å². The summed E-state index contributed by atoms with van der Waals surface area (Å²) in [6.07, 6.45) is 5.18. The number of nitrogens with zero attached hydrogens (tertiary/aromatic N) is 6. The summed E-state index contributed by atoms with van der Waals surface area (Å²) in [6.45, 7) is 3.30. The van der Waals surface area contributed by atoms with Gasteiger partial charge in [-0.2, -0.15) is 0 Å². The van der Waals surface area contributed by atoms with E-state index in [1.165, 1.54) is 0 Å². The number of hydrogen-bond acceptors (Lipinski definition) is 4. The molecule has 0 fully saturated rings. The molecule has 4 rings (SSSR count). The van der Waals surface area contributed by atoms with Gasteiger partial charge in [0.15, 0.2) is 0 Å². The van der Waals surface area contributed by atoms with Gasteiger partial charge in [-0.15, -0.1) is 0 Å². The quantitative estimate of drug-likeness (QED) is 0.574. The van der Waals surface area contributed by atoms with Gasteiger partial charge in [-0.05, 0) is 25.1 Å². The van der Waals surface area contributed by atoms with Crippen LogP contribution in [-0.2, 0) is 13.1 Å². The monoisotopic (exact) mass is 334 g/mol. The molecule has 1 amide bonds. The van der Waals surface area contributed by atoms with Gasteiger partial charge in [0, 0.05) is 32.2 Å². The number of hydrogen-bond donors (Lipinski definition) is 0. The smallest absolute Gasteiger partial charge is 0.274 e. The zero-order valence-electron chi connectivity index (χ0n) is 14.1. The molecule has 0 aliphatic rings. The number of imidazole rings is 2. The lowest BCUT2D eigenvalue weighted by molar-refractivity contribution is 0.0775. The Morgan fingerprint density at radius 1 is 1.20 bits per heavy atom. The fourth-order valence-corrected chi connectivity index (χ4v) is 3.01. The maximum atomic E-state index is 12.7. The lowest BCUT2D eigenvalue weighted by Crippen LogP contribution is -2.28. The van der Waals surface area contributed by atoms with E-state index in [0.29, 0.717) is 18.0 Å². The molecule has 7 heteroatoms. The average molecular weight is 334 g/mol. The Bertz CT molecular complexity index is 1030. The predicted molar refractivity (Wildman–Crippen MR) is 94.2 cm³/mol. The number of carbonyl (C=O) groups is 1. The van der Waals surface area contributed by atoms with Gasteiger partial charge in [-0.1, -0.05) is 12.1 Å². The van der Waals surface area contributed by atoms with Crippen LogP contribution in [0.1, 0.15) is 23.2 Å². The van der Waals surface area contributed by atoms with E-state index in [0.717, 1.165) is 23.4 Å². The van der Waals surface area contributed by atoms with E-state index in [9.17, 15) is 4.79 Å². The number of rotatable bonds is 4. The number of para-hydroxylation sites is 2. The Labute approximate surface area is 144 Å². The van der Waals surface area contributed by atoms with Crippen molar-refractivity contribution >= 4 is 22.7 Å². The van der Waals surface area contributed by atoms with Crippen LogP contribution in [0, 0.1) is 0 Å². The molecule has 3 heterocycles. The number of fused-ring (bicyclic) bond motifs is 2. The first kappa shape index (κ1) is 15.3. The van der Waals surface area contributed by atoms with Gasteiger partial charge in [-0.25, -0.2) is 15.0 Å². The van der Waals surface area contributed by atoms with Crippen LogP contribution in [0.5, 0.6) is 0 Å². The van der Waals surface area contributed by atoms with Crippen molar-refractivity contribution < 1.29 is 4.79 Å². The fourth-order valence-electron chi connectivity index (χ4n) is 3.01. The summed E-state index contributed by atoms with van der Waals surface area (Å²) in [6, 6.07) is 9.80. The first-order chi connectivity index (χ1) is 12.2. The third-order valence-corrected chi connectivity index (χ3v) is 4.23. The fraction of sp³-hybridized carbons (Fsp3) is 0.222. The molecule has 0 atom stereocenters. The van der Waals surface area contributed by atoms with Gasteiger partial charge in [0.05, 0.1) is 17.6 Å². The Balaban J connectivity index is 1.63. The lowest BCUT2D eigenvalue weighted by Gasteiger charge is -2.16. The second-order valence-corrected chi connectivity index (χ2v) is 5.88. The third kappa shape index (κ3) is 2.63. The summed E-state index contributed by atoms with van der Waals surface area (Å²) in [5.41, 5.74) is 2.40. The summed E-state index contributed by atoms with van der Waals surface area (Å²) in [5, 5.41) is 0. The highest BCUT2D eigenvalue weighted by atomic mass is 16.2. The summed E-state index contributed by atoms with van der Waals surface area (Å²) in [5.74, 6) is 1.22. The second-order valence-electron chi connectivity index (χ2n) is 5.88. The Morgan fingerprint density at radius 3 is 2.84 bits per heavy atom. The highest BCUT2D eigenvalue weighted by molar-refractivity contribution is 5.92. The molecule has 3 aromatic heterocycles. The van der Waals surface area contributed by atoms with E-state index < -0.39 is 0 Å². The molecular formula is C18H18N6O. The van der Waals surface area contributed by atoms with Crippen LogP contribution in [-0.4, -0.2) is 41.8 Å². The van der Waals surface area contributed by atoms with Crippen molar-refractivity contribution in [3.05, 3.63) is 60.4 Å². The van der Waals surface area contributed by atoms with E-state index in [4.69, 9.17) is 0 Å². The molecule has 0 bridgehead atoms. The van der Waals surface area contributed by atoms with Crippen molar-refractivity contribution in [3.63, 3.8) is 0 Å². The normalized spacial score (nSPS) is 11.3. The van der Waals surface area contributed by atoms with E-state index in [1.54, 1.807) is 34.8 Å². The second kappa shape index (κ2) is 6.01. The average Bonchev–Trinajstić information content (AvgIpc) is 3.21. The van der Waals surface area contributed by atoms with Crippen LogP contribution < -0.4 is 0 Å². The number of carbonyl (C=O) groups excluding carboxylic acids is 1. The van der Waals surface area contributed by atoms with Crippen molar-refractivity contribution in [3.8, 4) is 0 Å². The van der Waals surface area contributed by atoms with Crippen LogP contribution >= 0.6 is 0 Å². The summed E-state index contributed by atoms with van der Waals surface area (Å²) in [4.78, 5) is 27.5. The van der Waals surface area contributed by atoms with Gasteiger partial charge in [0.2, 0.25) is 5.78 Å². The molecule has 0 N–H and O–H groups in total. The summed E-state index contributed by atoms with van der Waals surface area (Å²) in [7, 11) is 1.76. The van der Waals surface area contributed by atoms with Crippen LogP contribution in [0.3, 0.4) is 0 Å². The standard InChI is InChI=1S/C18H18N6O/c1-3-24-15-8-5-4-7-13(15)20-16(24)12-22(2)17(25)14-11-23-10-6-9-19-18(23)21-14/h4-11H,3,12H2,1-2H3. The highest BCUT2D eigenvalue weighted by Gasteiger charge is 2.19. The molecule has 0 spiro atoms. The van der Waals surface area contributed by atoms with Gasteiger partial charge in [0.1, 0.15) is 11.5 Å². The van der Waals surface area contributed by atoms with Crippen molar-refractivity contribution in [2.75, 3.05) is 7.05 Å². The molecule has 0 radical (unpaired) electrons. The van der Waals surface area contributed by atoms with E-state index in [2.05, 4.69) is 26.4 Å². The van der Waals surface area contributed by atoms with E-state index in [-0.39, 0.29) is 5.91 Å². The minimum Gasteiger partial charge on any atom is -0.333 e. The minimum absolute atomic E-state index is 0.153. The Morgan fingerprint density at radius 2 is 2.04 bits per heavy atom. The molecule has 0 saturated heterocycles. The molecule has 7 nitrogen and oxygen atoms in total. The largest absolute Gasteiger partial charge is 0.333 e. The van der Waals surface area contributed by atoms with Crippen molar-refractivity contribution in [1.82, 2.24) is 28.8 Å². The van der Waals surface area contributed by atoms with Crippen LogP contribution in [0.2, 0.25) is 0 Å². The number of aromatic nitrogens is 5. The van der Waals surface area contributed by atoms with Crippen LogP contribution in [0.25, 0.3) is 16.8 Å². The SMILES string of the molecule is CCn1c(CN(C)C(=O)c2cn3cccnc3n2)nc2ccccc21. The highest BCUT2D eigenvalue weighted by Crippen LogP contribution is 2.17. The summed E-state index contributed by atoms with van der Waals surface area (Å²) >= 11 is 0. The molecule has 1 aromatic carbocycles. The topological polar surface area (TPSA) is 68.3 Å². The minimum atomic E-state index is -0.153. The van der Waals surface area contributed by atoms with E-state index >= 15 is 0 Å². The Hall–Kier alpha value is -3.22. The maximum Gasteiger partial charge on any atom is 0.274 e. The maximum absolute atomic E-state index is 12.7. The molecule has 4 aromatic rings. The number of benzene rings is 1. The zero-order chi connectivity index (χ0) is 17.4. The molecule has 25 heavy (non-hydrogen) atoms. The molecule has 0 unspecified atom stereocenters. The van der Waals surface area contributed by atoms with E-state index in [1.807, 2.05) is 30.5 Å². The van der Waals surface area contributed by atoms with Crippen LogP contribution in [0.15, 0.2) is 48.9 Å². The molecule has 0 saturated carbocycles. The summed E-state index contributed by atoms with van der Waals surface area (Å²) < 4.78 is 3.87. The van der Waals surface area contributed by atoms with Gasteiger partial charge < -0.3 is 9.47 Å². The molecule has 0 aliphatic heterocycles. The molecule has 0 aliphatic carbocycles. The lowest BCUT2D eigenvalue weighted by atomic mass is 10.3.